The fourth-order valence-electron chi connectivity index (χ4n) is 3.38. The van der Waals surface area contributed by atoms with Crippen molar-refractivity contribution in [3.63, 3.8) is 0 Å². The Morgan fingerprint density at radius 2 is 1.20 bits per heavy atom. The third-order valence-electron chi connectivity index (χ3n) is 4.70. The molecule has 4 N–H and O–H groups in total. The summed E-state index contributed by atoms with van der Waals surface area (Å²) in [6, 6.07) is 26.9. The molecule has 122 valence electrons. The van der Waals surface area contributed by atoms with Crippen LogP contribution in [0.3, 0.4) is 0 Å². The first-order valence-electron chi connectivity index (χ1n) is 8.37. The highest BCUT2D eigenvalue weighted by Gasteiger charge is 2.12. The van der Waals surface area contributed by atoms with Gasteiger partial charge in [-0.05, 0) is 69.8 Å². The molecule has 0 fully saturated rings. The lowest BCUT2D eigenvalue weighted by atomic mass is 9.90. The maximum absolute atomic E-state index is 6.12. The summed E-state index contributed by atoms with van der Waals surface area (Å²) in [5.74, 6) is 0. The monoisotopic (exact) mass is 324 g/mol. The average Bonchev–Trinajstić information content (AvgIpc) is 2.63. The third kappa shape index (κ3) is 2.72. The molecule has 0 aromatic heterocycles. The van der Waals surface area contributed by atoms with Crippen molar-refractivity contribution >= 4 is 22.1 Å². The molecule has 4 aromatic rings. The molecule has 0 saturated heterocycles. The molecule has 4 rings (SSSR count). The minimum absolute atomic E-state index is 0.763. The van der Waals surface area contributed by atoms with Gasteiger partial charge in [-0.3, -0.25) is 0 Å². The van der Waals surface area contributed by atoms with Crippen molar-refractivity contribution in [3.05, 3.63) is 84.4 Å². The summed E-state index contributed by atoms with van der Waals surface area (Å²) in [4.78, 5) is 0. The van der Waals surface area contributed by atoms with Crippen molar-refractivity contribution < 1.29 is 0 Å². The second-order valence-corrected chi connectivity index (χ2v) is 6.40. The van der Waals surface area contributed by atoms with Gasteiger partial charge in [-0.15, -0.1) is 0 Å². The molecule has 0 unspecified atom stereocenters. The highest BCUT2D eigenvalue weighted by Crippen LogP contribution is 2.38. The number of rotatable bonds is 2. The first kappa shape index (κ1) is 15.3. The average molecular weight is 324 g/mol. The van der Waals surface area contributed by atoms with Gasteiger partial charge >= 0.3 is 0 Å². The summed E-state index contributed by atoms with van der Waals surface area (Å²) in [7, 11) is 0. The first-order valence-corrected chi connectivity index (χ1v) is 8.37. The summed E-state index contributed by atoms with van der Waals surface area (Å²) < 4.78 is 0. The quantitative estimate of drug-likeness (QED) is 0.468. The van der Waals surface area contributed by atoms with Crippen LogP contribution >= 0.6 is 0 Å². The SMILES string of the molecule is Cc1ccc(-c2cc(N)ccc2-c2ccc(N)cc2)c2ccccc12. The van der Waals surface area contributed by atoms with E-state index in [1.807, 2.05) is 18.2 Å². The van der Waals surface area contributed by atoms with Crippen LogP contribution in [0.4, 0.5) is 11.4 Å². The maximum atomic E-state index is 6.12. The molecule has 2 heteroatoms. The summed E-state index contributed by atoms with van der Waals surface area (Å²) in [6.45, 7) is 2.15. The van der Waals surface area contributed by atoms with Gasteiger partial charge in [0.1, 0.15) is 0 Å². The lowest BCUT2D eigenvalue weighted by Crippen LogP contribution is -1.92. The molecule has 0 atom stereocenters. The minimum Gasteiger partial charge on any atom is -0.399 e. The zero-order valence-electron chi connectivity index (χ0n) is 14.2. The van der Waals surface area contributed by atoms with E-state index in [4.69, 9.17) is 11.5 Å². The number of fused-ring (bicyclic) bond motifs is 1. The topological polar surface area (TPSA) is 52.0 Å². The molecule has 0 bridgehead atoms. The smallest absolute Gasteiger partial charge is 0.0320 e. The van der Waals surface area contributed by atoms with Crippen LogP contribution in [0.1, 0.15) is 5.56 Å². The number of nitrogens with two attached hydrogens (primary N) is 2. The zero-order valence-corrected chi connectivity index (χ0v) is 14.2. The predicted molar refractivity (Wildman–Crippen MR) is 108 cm³/mol. The van der Waals surface area contributed by atoms with E-state index in [2.05, 4.69) is 67.6 Å². The Morgan fingerprint density at radius 1 is 0.560 bits per heavy atom. The molecule has 0 aliphatic heterocycles. The molecule has 0 saturated carbocycles. The second-order valence-electron chi connectivity index (χ2n) is 6.40. The highest BCUT2D eigenvalue weighted by molar-refractivity contribution is 6.02. The lowest BCUT2D eigenvalue weighted by molar-refractivity contribution is 1.52. The van der Waals surface area contributed by atoms with Crippen LogP contribution in [0.15, 0.2) is 78.9 Å². The van der Waals surface area contributed by atoms with Gasteiger partial charge in [0, 0.05) is 11.4 Å². The van der Waals surface area contributed by atoms with Gasteiger partial charge in [0.2, 0.25) is 0 Å². The fraction of sp³-hybridized carbons (Fsp3) is 0.0435. The fourth-order valence-corrected chi connectivity index (χ4v) is 3.38. The molecule has 4 aromatic carbocycles. The Hall–Kier alpha value is -3.26. The van der Waals surface area contributed by atoms with Gasteiger partial charge in [0.15, 0.2) is 0 Å². The molecule has 2 nitrogen and oxygen atoms in total. The zero-order chi connectivity index (χ0) is 17.4. The summed E-state index contributed by atoms with van der Waals surface area (Å²) >= 11 is 0. The lowest BCUT2D eigenvalue weighted by Gasteiger charge is -2.15. The van der Waals surface area contributed by atoms with Crippen LogP contribution in [0.5, 0.6) is 0 Å². The molecule has 0 aliphatic rings. The molecular weight excluding hydrogens is 304 g/mol. The number of hydrogen-bond acceptors (Lipinski definition) is 2. The third-order valence-corrected chi connectivity index (χ3v) is 4.70. The van der Waals surface area contributed by atoms with Gasteiger partial charge in [-0.25, -0.2) is 0 Å². The molecule has 0 amide bonds. The molecular formula is C23H20N2. The van der Waals surface area contributed by atoms with Crippen molar-refractivity contribution in [2.45, 2.75) is 6.92 Å². The van der Waals surface area contributed by atoms with Crippen molar-refractivity contribution in [2.24, 2.45) is 0 Å². The first-order chi connectivity index (χ1) is 12.1. The van der Waals surface area contributed by atoms with Crippen LogP contribution < -0.4 is 11.5 Å². The summed E-state index contributed by atoms with van der Waals surface area (Å²) in [5, 5.41) is 2.51. The highest BCUT2D eigenvalue weighted by atomic mass is 14.5. The van der Waals surface area contributed by atoms with Crippen LogP contribution in [-0.4, -0.2) is 0 Å². The van der Waals surface area contributed by atoms with E-state index in [9.17, 15) is 0 Å². The minimum atomic E-state index is 0.763. The van der Waals surface area contributed by atoms with E-state index < -0.39 is 0 Å². The van der Waals surface area contributed by atoms with E-state index >= 15 is 0 Å². The van der Waals surface area contributed by atoms with Gasteiger partial charge in [-0.2, -0.15) is 0 Å². The number of benzene rings is 4. The van der Waals surface area contributed by atoms with E-state index in [0.717, 1.165) is 28.1 Å². The van der Waals surface area contributed by atoms with E-state index in [-0.39, 0.29) is 0 Å². The van der Waals surface area contributed by atoms with E-state index in [1.165, 1.54) is 21.9 Å². The number of hydrogen-bond donors (Lipinski definition) is 2. The predicted octanol–water partition coefficient (Wildman–Crippen LogP) is 5.65. The second kappa shape index (κ2) is 5.99. The Kier molecular flexibility index (Phi) is 3.66. The molecule has 25 heavy (non-hydrogen) atoms. The van der Waals surface area contributed by atoms with Crippen molar-refractivity contribution in [1.29, 1.82) is 0 Å². The molecule has 0 radical (unpaired) electrons. The number of nitrogen functional groups attached to an aromatic ring is 2. The Bertz CT molecular complexity index is 1060. The number of anilines is 2. The largest absolute Gasteiger partial charge is 0.399 e. The summed E-state index contributed by atoms with van der Waals surface area (Å²) in [5.41, 5.74) is 19.4. The van der Waals surface area contributed by atoms with Crippen molar-refractivity contribution in [3.8, 4) is 22.3 Å². The number of aryl methyl sites for hydroxylation is 1. The molecule has 0 spiro atoms. The van der Waals surface area contributed by atoms with Gasteiger partial charge in [0.05, 0.1) is 0 Å². The van der Waals surface area contributed by atoms with Crippen LogP contribution in [-0.2, 0) is 0 Å². The van der Waals surface area contributed by atoms with E-state index in [1.54, 1.807) is 0 Å². The molecule has 0 aliphatic carbocycles. The van der Waals surface area contributed by atoms with Gasteiger partial charge < -0.3 is 11.5 Å². The molecule has 0 heterocycles. The van der Waals surface area contributed by atoms with Crippen LogP contribution in [0.25, 0.3) is 33.0 Å². The van der Waals surface area contributed by atoms with Crippen molar-refractivity contribution in [2.75, 3.05) is 11.5 Å². The van der Waals surface area contributed by atoms with Gasteiger partial charge in [-0.1, -0.05) is 54.6 Å². The Balaban J connectivity index is 2.02. The van der Waals surface area contributed by atoms with E-state index in [0.29, 0.717) is 0 Å². The van der Waals surface area contributed by atoms with Gasteiger partial charge in [0.25, 0.3) is 0 Å². The van der Waals surface area contributed by atoms with Crippen LogP contribution in [0.2, 0.25) is 0 Å². The standard InChI is InChI=1S/C23H20N2/c1-15-6-12-22(21-5-3-2-4-19(15)21)23-14-18(25)11-13-20(23)16-7-9-17(24)10-8-16/h2-14H,24-25H2,1H3. The Labute approximate surface area is 147 Å². The summed E-state index contributed by atoms with van der Waals surface area (Å²) in [6.07, 6.45) is 0. The maximum Gasteiger partial charge on any atom is 0.0320 e. The Morgan fingerprint density at radius 3 is 1.96 bits per heavy atom. The van der Waals surface area contributed by atoms with Crippen LogP contribution in [0, 0.1) is 6.92 Å². The normalized spacial score (nSPS) is 10.9. The van der Waals surface area contributed by atoms with Crippen molar-refractivity contribution in [1.82, 2.24) is 0 Å².